The van der Waals surface area contributed by atoms with E-state index in [4.69, 9.17) is 23.7 Å². The molecule has 0 aromatic rings. The lowest BCUT2D eigenvalue weighted by molar-refractivity contribution is -0.371. The van der Waals surface area contributed by atoms with Gasteiger partial charge in [0, 0.05) is 0 Å². The lowest BCUT2D eigenvalue weighted by Crippen LogP contribution is -2.66. The van der Waals surface area contributed by atoms with Crippen molar-refractivity contribution in [2.24, 2.45) is 0 Å². The molecule has 0 amide bonds. The first-order valence-electron chi connectivity index (χ1n) is 10.5. The van der Waals surface area contributed by atoms with Gasteiger partial charge in [-0.25, -0.2) is 0 Å². The third kappa shape index (κ3) is 5.48. The van der Waals surface area contributed by atoms with Crippen LogP contribution in [0.5, 0.6) is 0 Å². The maximum Gasteiger partial charge on any atom is 0.187 e. The lowest BCUT2D eigenvalue weighted by Gasteiger charge is -2.47. The molecular weight excluding hydrogens is 456 g/mol. The van der Waals surface area contributed by atoms with Crippen LogP contribution in [0.4, 0.5) is 0 Å². The van der Waals surface area contributed by atoms with Gasteiger partial charge in [-0.15, -0.1) is 0 Å². The maximum absolute atomic E-state index is 10.6. The Balaban J connectivity index is 1.71. The van der Waals surface area contributed by atoms with E-state index in [9.17, 15) is 51.1 Å². The summed E-state index contributed by atoms with van der Waals surface area (Å²) < 4.78 is 26.8. The van der Waals surface area contributed by atoms with Gasteiger partial charge in [-0.05, 0) is 0 Å². The summed E-state index contributed by atoms with van der Waals surface area (Å²) in [6.07, 6.45) is -21.7. The molecular formula is C18H32O15. The van der Waals surface area contributed by atoms with Gasteiger partial charge in [-0.3, -0.25) is 0 Å². The minimum absolute atomic E-state index is 0.267. The number of ether oxygens (including phenoxy) is 5. The highest BCUT2D eigenvalue weighted by molar-refractivity contribution is 4.95. The Labute approximate surface area is 187 Å². The number of rotatable bonds is 7. The SMILES string of the molecule is OC[C@H]1O[C@@H](O[C@H]2[C@H](O)[C@@H](O)[C@H](O[C@H]3[C@H](O)[C@@H](O)CO[C@@H]3CO)O[C@@H]2CO)[C@H](O)[C@@H](O)[C@@H]1O. The van der Waals surface area contributed by atoms with Gasteiger partial charge >= 0.3 is 0 Å². The average Bonchev–Trinajstić information content (AvgIpc) is 2.81. The van der Waals surface area contributed by atoms with Gasteiger partial charge in [0.25, 0.3) is 0 Å². The molecule has 33 heavy (non-hydrogen) atoms. The van der Waals surface area contributed by atoms with Gasteiger partial charge in [0.1, 0.15) is 73.2 Å². The highest BCUT2D eigenvalue weighted by Gasteiger charge is 2.52. The predicted octanol–water partition coefficient (Wildman–Crippen LogP) is -6.89. The largest absolute Gasteiger partial charge is 0.394 e. The van der Waals surface area contributed by atoms with Crippen LogP contribution in [-0.4, -0.2) is 163 Å². The molecule has 194 valence electrons. The summed E-state index contributed by atoms with van der Waals surface area (Å²) in [5, 5.41) is 99.4. The Morgan fingerprint density at radius 3 is 1.58 bits per heavy atom. The standard InChI is InChI=1S/C18H32O15/c19-1-6-10(24)11(25)13(27)17(30-6)33-16-8(3-21)31-18(14(28)12(16)26)32-15-7(2-20)29-4-5(22)9(15)23/h5-28H,1-4H2/t5-,6+,7+,8+,9+,10+,11-,12+,13+,14+,15+,16+,17-,18-/m0/s1. The fraction of sp³-hybridized carbons (Fsp3) is 1.00. The summed E-state index contributed by atoms with van der Waals surface area (Å²) >= 11 is 0. The second-order valence-electron chi connectivity index (χ2n) is 8.22. The van der Waals surface area contributed by atoms with Crippen LogP contribution in [0.1, 0.15) is 0 Å². The quantitative estimate of drug-likeness (QED) is 0.160. The van der Waals surface area contributed by atoms with Gasteiger partial charge in [-0.2, -0.15) is 0 Å². The molecule has 0 unspecified atom stereocenters. The van der Waals surface area contributed by atoms with Crippen LogP contribution in [0, 0.1) is 0 Å². The zero-order valence-corrected chi connectivity index (χ0v) is 17.4. The second-order valence-corrected chi connectivity index (χ2v) is 8.22. The van der Waals surface area contributed by atoms with Crippen LogP contribution >= 0.6 is 0 Å². The van der Waals surface area contributed by atoms with E-state index in [1.165, 1.54) is 0 Å². The number of aliphatic hydroxyl groups excluding tert-OH is 10. The van der Waals surface area contributed by atoms with Crippen molar-refractivity contribution < 1.29 is 74.7 Å². The molecule has 0 aromatic heterocycles. The Kier molecular flexibility index (Phi) is 9.35. The first kappa shape index (κ1) is 27.0. The van der Waals surface area contributed by atoms with Crippen molar-refractivity contribution in [1.82, 2.24) is 0 Å². The smallest absolute Gasteiger partial charge is 0.187 e. The van der Waals surface area contributed by atoms with E-state index in [0.29, 0.717) is 0 Å². The third-order valence-electron chi connectivity index (χ3n) is 6.01. The summed E-state index contributed by atoms with van der Waals surface area (Å²) in [5.41, 5.74) is 0. The van der Waals surface area contributed by atoms with E-state index >= 15 is 0 Å². The topological polar surface area (TPSA) is 248 Å². The molecule has 3 aliphatic heterocycles. The highest BCUT2D eigenvalue weighted by Crippen LogP contribution is 2.31. The van der Waals surface area contributed by atoms with Crippen LogP contribution in [0.25, 0.3) is 0 Å². The minimum Gasteiger partial charge on any atom is -0.394 e. The van der Waals surface area contributed by atoms with Crippen LogP contribution in [-0.2, 0) is 23.7 Å². The van der Waals surface area contributed by atoms with Crippen molar-refractivity contribution in [1.29, 1.82) is 0 Å². The second kappa shape index (κ2) is 11.4. The number of hydrogen-bond acceptors (Lipinski definition) is 15. The fourth-order valence-electron chi connectivity index (χ4n) is 4.00. The third-order valence-corrected chi connectivity index (χ3v) is 6.01. The summed E-state index contributed by atoms with van der Waals surface area (Å²) in [7, 11) is 0. The zero-order valence-electron chi connectivity index (χ0n) is 17.4. The Morgan fingerprint density at radius 1 is 0.545 bits per heavy atom. The highest BCUT2D eigenvalue weighted by atomic mass is 16.7. The van der Waals surface area contributed by atoms with Gasteiger partial charge < -0.3 is 74.7 Å². The Morgan fingerprint density at radius 2 is 1.03 bits per heavy atom. The predicted molar refractivity (Wildman–Crippen MR) is 100 cm³/mol. The van der Waals surface area contributed by atoms with E-state index in [1.54, 1.807) is 0 Å². The first-order chi connectivity index (χ1) is 15.6. The zero-order chi connectivity index (χ0) is 24.4. The molecule has 15 nitrogen and oxygen atoms in total. The lowest BCUT2D eigenvalue weighted by atomic mass is 9.96. The molecule has 10 N–H and O–H groups in total. The van der Waals surface area contributed by atoms with E-state index in [0.717, 1.165) is 0 Å². The van der Waals surface area contributed by atoms with E-state index in [2.05, 4.69) is 0 Å². The van der Waals surface area contributed by atoms with Crippen molar-refractivity contribution in [3.8, 4) is 0 Å². The average molecular weight is 488 g/mol. The molecule has 14 atom stereocenters. The van der Waals surface area contributed by atoms with Crippen LogP contribution in [0.15, 0.2) is 0 Å². The minimum atomic E-state index is -1.84. The number of aliphatic hydroxyl groups is 10. The molecule has 3 saturated heterocycles. The van der Waals surface area contributed by atoms with Crippen molar-refractivity contribution in [2.45, 2.75) is 85.8 Å². The molecule has 0 saturated carbocycles. The normalized spacial score (nSPS) is 51.5. The molecule has 0 radical (unpaired) electrons. The van der Waals surface area contributed by atoms with E-state index in [-0.39, 0.29) is 6.61 Å². The van der Waals surface area contributed by atoms with Crippen LogP contribution in [0.2, 0.25) is 0 Å². The monoisotopic (exact) mass is 488 g/mol. The Hall–Kier alpha value is -0.600. The molecule has 0 aliphatic carbocycles. The maximum atomic E-state index is 10.6. The van der Waals surface area contributed by atoms with E-state index < -0.39 is 106 Å². The van der Waals surface area contributed by atoms with Crippen molar-refractivity contribution in [3.05, 3.63) is 0 Å². The molecule has 0 spiro atoms. The van der Waals surface area contributed by atoms with Gasteiger partial charge in [0.05, 0.1) is 26.4 Å². The van der Waals surface area contributed by atoms with Crippen molar-refractivity contribution in [2.75, 3.05) is 26.4 Å². The van der Waals surface area contributed by atoms with Crippen molar-refractivity contribution >= 4 is 0 Å². The van der Waals surface area contributed by atoms with Gasteiger partial charge in [0.2, 0.25) is 0 Å². The first-order valence-corrected chi connectivity index (χ1v) is 10.5. The Bertz CT molecular complexity index is 605. The van der Waals surface area contributed by atoms with E-state index in [1.807, 2.05) is 0 Å². The molecule has 3 aliphatic rings. The summed E-state index contributed by atoms with van der Waals surface area (Å²) in [4.78, 5) is 0. The molecule has 3 rings (SSSR count). The van der Waals surface area contributed by atoms with Crippen LogP contribution in [0.3, 0.4) is 0 Å². The fourth-order valence-corrected chi connectivity index (χ4v) is 4.00. The summed E-state index contributed by atoms with van der Waals surface area (Å²) in [6.45, 7) is -2.36. The van der Waals surface area contributed by atoms with Crippen molar-refractivity contribution in [3.63, 3.8) is 0 Å². The summed E-state index contributed by atoms with van der Waals surface area (Å²) in [5.74, 6) is 0. The van der Waals surface area contributed by atoms with Gasteiger partial charge in [0.15, 0.2) is 12.6 Å². The molecule has 3 heterocycles. The molecule has 0 aromatic carbocycles. The van der Waals surface area contributed by atoms with Crippen LogP contribution < -0.4 is 0 Å². The molecule has 3 fully saturated rings. The molecule has 15 heteroatoms. The number of hydrogen-bond donors (Lipinski definition) is 10. The molecule has 0 bridgehead atoms. The summed E-state index contributed by atoms with van der Waals surface area (Å²) in [6, 6.07) is 0. The van der Waals surface area contributed by atoms with Gasteiger partial charge in [-0.1, -0.05) is 0 Å².